The molecule has 8 nitrogen and oxygen atoms in total. The van der Waals surface area contributed by atoms with Gasteiger partial charge in [-0.3, -0.25) is 14.9 Å². The molecule has 31 heavy (non-hydrogen) atoms. The molecule has 0 amide bonds. The Hall–Kier alpha value is -3.30. The number of non-ortho nitro benzene ring substituents is 1. The van der Waals surface area contributed by atoms with Gasteiger partial charge >= 0.3 is 5.97 Å². The van der Waals surface area contributed by atoms with E-state index in [0.29, 0.717) is 6.42 Å². The second kappa shape index (κ2) is 9.23. The average molecular weight is 442 g/mol. The van der Waals surface area contributed by atoms with Crippen LogP contribution < -0.4 is 4.72 Å². The van der Waals surface area contributed by atoms with Crippen molar-refractivity contribution < 1.29 is 22.9 Å². The van der Waals surface area contributed by atoms with Crippen molar-refractivity contribution in [2.24, 2.45) is 5.92 Å². The molecule has 0 aliphatic heterocycles. The highest BCUT2D eigenvalue weighted by Crippen LogP contribution is 2.21. The number of carbonyl (C=O) groups is 1. The minimum absolute atomic E-state index is 0.176. The molecule has 0 radical (unpaired) electrons. The predicted molar refractivity (Wildman–Crippen MR) is 116 cm³/mol. The fraction of sp³-hybridized carbons (Fsp3) is 0.227. The standard InChI is InChI=1S/C22H22N2O6S/c1-15(13-16-7-8-17-5-3-4-6-18(17)14-16)21(22(25)30-2)23-31(28,29)20-11-9-19(10-12-20)24(26)27/h3-12,14-15,21,23H,13H2,1-2H3/t15-,21-/m0/s1. The summed E-state index contributed by atoms with van der Waals surface area (Å²) < 4.78 is 32.8. The van der Waals surface area contributed by atoms with Crippen LogP contribution in [0.2, 0.25) is 0 Å². The molecule has 0 heterocycles. The van der Waals surface area contributed by atoms with Gasteiger partial charge in [0.15, 0.2) is 0 Å². The fourth-order valence-electron chi connectivity index (χ4n) is 3.36. The molecule has 0 aliphatic rings. The minimum Gasteiger partial charge on any atom is -0.468 e. The predicted octanol–water partition coefficient (Wildman–Crippen LogP) is 3.45. The third-order valence-corrected chi connectivity index (χ3v) is 6.49. The molecule has 3 rings (SSSR count). The van der Waals surface area contributed by atoms with Gasteiger partial charge in [0, 0.05) is 12.1 Å². The highest BCUT2D eigenvalue weighted by molar-refractivity contribution is 7.89. The van der Waals surface area contributed by atoms with Crippen molar-refractivity contribution >= 4 is 32.5 Å². The summed E-state index contributed by atoms with van der Waals surface area (Å²) in [6, 6.07) is 17.1. The molecule has 0 aromatic heterocycles. The molecule has 9 heteroatoms. The van der Waals surface area contributed by atoms with Crippen molar-refractivity contribution in [1.29, 1.82) is 0 Å². The van der Waals surface area contributed by atoms with E-state index >= 15 is 0 Å². The van der Waals surface area contributed by atoms with Crippen molar-refractivity contribution in [2.45, 2.75) is 24.3 Å². The van der Waals surface area contributed by atoms with E-state index in [1.807, 2.05) is 42.5 Å². The fourth-order valence-corrected chi connectivity index (χ4v) is 4.65. The van der Waals surface area contributed by atoms with Gasteiger partial charge in [0.25, 0.3) is 5.69 Å². The molecule has 3 aromatic rings. The van der Waals surface area contributed by atoms with Crippen LogP contribution in [0.5, 0.6) is 0 Å². The van der Waals surface area contributed by atoms with E-state index in [-0.39, 0.29) is 10.6 Å². The van der Waals surface area contributed by atoms with Gasteiger partial charge in [0.1, 0.15) is 6.04 Å². The van der Waals surface area contributed by atoms with Gasteiger partial charge in [-0.1, -0.05) is 49.4 Å². The molecule has 3 aromatic carbocycles. The number of nitrogens with zero attached hydrogens (tertiary/aromatic N) is 1. The van der Waals surface area contributed by atoms with Crippen molar-refractivity contribution in [1.82, 2.24) is 4.72 Å². The number of benzene rings is 3. The summed E-state index contributed by atoms with van der Waals surface area (Å²) >= 11 is 0. The van der Waals surface area contributed by atoms with E-state index in [1.165, 1.54) is 7.11 Å². The van der Waals surface area contributed by atoms with Crippen LogP contribution >= 0.6 is 0 Å². The van der Waals surface area contributed by atoms with Crippen molar-refractivity contribution in [2.75, 3.05) is 7.11 Å². The normalized spacial score (nSPS) is 13.5. The first-order chi connectivity index (χ1) is 14.7. The van der Waals surface area contributed by atoms with E-state index in [0.717, 1.165) is 40.6 Å². The second-order valence-electron chi connectivity index (χ2n) is 7.24. The number of hydrogen-bond donors (Lipinski definition) is 1. The highest BCUT2D eigenvalue weighted by Gasteiger charge is 2.31. The Kier molecular flexibility index (Phi) is 6.67. The molecule has 0 aliphatic carbocycles. The van der Waals surface area contributed by atoms with Crippen molar-refractivity contribution in [3.63, 3.8) is 0 Å². The van der Waals surface area contributed by atoms with Gasteiger partial charge in [0.2, 0.25) is 10.0 Å². The lowest BCUT2D eigenvalue weighted by molar-refractivity contribution is -0.384. The lowest BCUT2D eigenvalue weighted by Crippen LogP contribution is -2.46. The highest BCUT2D eigenvalue weighted by atomic mass is 32.2. The van der Waals surface area contributed by atoms with E-state index < -0.39 is 32.9 Å². The van der Waals surface area contributed by atoms with Crippen LogP contribution in [0.15, 0.2) is 71.6 Å². The second-order valence-corrected chi connectivity index (χ2v) is 8.95. The molecule has 162 valence electrons. The number of nitrogens with one attached hydrogen (secondary N) is 1. The summed E-state index contributed by atoms with van der Waals surface area (Å²) in [4.78, 5) is 22.4. The van der Waals surface area contributed by atoms with Gasteiger partial charge in [-0.15, -0.1) is 0 Å². The molecular formula is C22H22N2O6S. The van der Waals surface area contributed by atoms with Crippen LogP contribution in [0, 0.1) is 16.0 Å². The van der Waals surface area contributed by atoms with E-state index in [2.05, 4.69) is 4.72 Å². The Morgan fingerprint density at radius 1 is 1.06 bits per heavy atom. The smallest absolute Gasteiger partial charge is 0.324 e. The first-order valence-corrected chi connectivity index (χ1v) is 11.0. The van der Waals surface area contributed by atoms with Gasteiger partial charge in [-0.2, -0.15) is 4.72 Å². The largest absolute Gasteiger partial charge is 0.468 e. The van der Waals surface area contributed by atoms with Crippen molar-refractivity contribution in [3.05, 3.63) is 82.4 Å². The Morgan fingerprint density at radius 3 is 2.32 bits per heavy atom. The summed E-state index contributed by atoms with van der Waals surface area (Å²) in [6.07, 6.45) is 0.438. The third kappa shape index (κ3) is 5.25. The Labute approximate surface area is 180 Å². The number of sulfonamides is 1. The van der Waals surface area contributed by atoms with Gasteiger partial charge in [-0.05, 0) is 40.8 Å². The zero-order valence-corrected chi connectivity index (χ0v) is 17.8. The molecule has 0 unspecified atom stereocenters. The maximum absolute atomic E-state index is 12.8. The average Bonchev–Trinajstić information content (AvgIpc) is 2.76. The van der Waals surface area contributed by atoms with Gasteiger partial charge < -0.3 is 4.74 Å². The summed E-state index contributed by atoms with van der Waals surface area (Å²) in [5.41, 5.74) is 0.725. The summed E-state index contributed by atoms with van der Waals surface area (Å²) in [7, 11) is -2.91. The SMILES string of the molecule is COC(=O)[C@@H](NS(=O)(=O)c1ccc([N+](=O)[O-])cc1)[C@@H](C)Cc1ccc2ccccc2c1. The number of nitro benzene ring substituents is 1. The zero-order valence-electron chi connectivity index (χ0n) is 17.0. The lowest BCUT2D eigenvalue weighted by atomic mass is 9.93. The molecular weight excluding hydrogens is 420 g/mol. The number of rotatable bonds is 8. The molecule has 0 spiro atoms. The number of hydrogen-bond acceptors (Lipinski definition) is 6. The first kappa shape index (κ1) is 22.4. The molecule has 0 saturated carbocycles. The number of carbonyl (C=O) groups excluding carboxylic acids is 1. The van der Waals surface area contributed by atoms with E-state index in [4.69, 9.17) is 4.74 Å². The maximum Gasteiger partial charge on any atom is 0.324 e. The van der Waals surface area contributed by atoms with E-state index in [1.54, 1.807) is 6.92 Å². The quantitative estimate of drug-likeness (QED) is 0.325. The van der Waals surface area contributed by atoms with E-state index in [9.17, 15) is 23.3 Å². The summed E-state index contributed by atoms with van der Waals surface area (Å²) in [6.45, 7) is 1.76. The summed E-state index contributed by atoms with van der Waals surface area (Å²) in [5, 5.41) is 12.9. The van der Waals surface area contributed by atoms with Gasteiger partial charge in [0.05, 0.1) is 16.9 Å². The Balaban J connectivity index is 1.82. The maximum atomic E-state index is 12.8. The third-order valence-electron chi connectivity index (χ3n) is 5.04. The number of ether oxygens (including phenoxy) is 1. The number of nitro groups is 1. The van der Waals surface area contributed by atoms with Crippen LogP contribution in [0.4, 0.5) is 5.69 Å². The summed E-state index contributed by atoms with van der Waals surface area (Å²) in [5.74, 6) is -1.12. The molecule has 2 atom stereocenters. The van der Waals surface area contributed by atoms with Crippen LogP contribution in [-0.2, 0) is 26.0 Å². The van der Waals surface area contributed by atoms with Crippen molar-refractivity contribution in [3.8, 4) is 0 Å². The van der Waals surface area contributed by atoms with Gasteiger partial charge in [-0.25, -0.2) is 8.42 Å². The Bertz CT molecular complexity index is 1210. The lowest BCUT2D eigenvalue weighted by Gasteiger charge is -2.23. The first-order valence-electron chi connectivity index (χ1n) is 9.53. The topological polar surface area (TPSA) is 116 Å². The molecule has 0 bridgehead atoms. The van der Waals surface area contributed by atoms with Crippen LogP contribution in [0.3, 0.4) is 0 Å². The monoisotopic (exact) mass is 442 g/mol. The molecule has 0 fully saturated rings. The number of esters is 1. The molecule has 0 saturated heterocycles. The van der Waals surface area contributed by atoms with Crippen LogP contribution in [0.1, 0.15) is 12.5 Å². The van der Waals surface area contributed by atoms with Crippen LogP contribution in [0.25, 0.3) is 10.8 Å². The Morgan fingerprint density at radius 2 is 1.71 bits per heavy atom. The minimum atomic E-state index is -4.10. The number of methoxy groups -OCH3 is 1. The zero-order chi connectivity index (χ0) is 22.6. The number of fused-ring (bicyclic) bond motifs is 1. The molecule has 1 N–H and O–H groups in total. The van der Waals surface area contributed by atoms with Crippen LogP contribution in [-0.4, -0.2) is 32.5 Å².